The van der Waals surface area contributed by atoms with Gasteiger partial charge in [0.15, 0.2) is 0 Å². The lowest BCUT2D eigenvalue weighted by Crippen LogP contribution is -2.00. The molecule has 0 fully saturated rings. The van der Waals surface area contributed by atoms with Crippen molar-refractivity contribution in [3.8, 4) is 22.5 Å². The van der Waals surface area contributed by atoms with Gasteiger partial charge in [-0.2, -0.15) is 5.10 Å². The van der Waals surface area contributed by atoms with Crippen LogP contribution in [0.3, 0.4) is 0 Å². The van der Waals surface area contributed by atoms with Gasteiger partial charge >= 0.3 is 0 Å². The lowest BCUT2D eigenvalue weighted by atomic mass is 10.1. The van der Waals surface area contributed by atoms with Crippen molar-refractivity contribution < 1.29 is 8.81 Å². The summed E-state index contributed by atoms with van der Waals surface area (Å²) >= 11 is 0. The van der Waals surface area contributed by atoms with Crippen LogP contribution in [0, 0.1) is 5.82 Å². The minimum atomic E-state index is -0.294. The number of benzene rings is 2. The van der Waals surface area contributed by atoms with Crippen LogP contribution in [0.4, 0.5) is 10.3 Å². The fourth-order valence-electron chi connectivity index (χ4n) is 2.54. The molecule has 5 nitrogen and oxygen atoms in total. The Morgan fingerprint density at radius 3 is 2.22 bits per heavy atom. The van der Waals surface area contributed by atoms with Gasteiger partial charge < -0.3 is 4.42 Å². The molecule has 0 unspecified atom stereocenters. The zero-order chi connectivity index (χ0) is 18.5. The summed E-state index contributed by atoms with van der Waals surface area (Å²) in [5, 5.41) is 4.11. The molecular formula is C21H15FN4O. The van der Waals surface area contributed by atoms with Crippen molar-refractivity contribution in [1.82, 2.24) is 9.97 Å². The van der Waals surface area contributed by atoms with Crippen LogP contribution in [0.1, 0.15) is 5.76 Å². The maximum atomic E-state index is 13.3. The summed E-state index contributed by atoms with van der Waals surface area (Å²) in [4.78, 5) is 9.01. The van der Waals surface area contributed by atoms with Crippen molar-refractivity contribution >= 4 is 12.2 Å². The lowest BCUT2D eigenvalue weighted by molar-refractivity contribution is 0.560. The molecule has 0 radical (unpaired) electrons. The number of aromatic nitrogens is 2. The maximum Gasteiger partial charge on any atom is 0.244 e. The molecule has 132 valence electrons. The maximum absolute atomic E-state index is 13.3. The molecule has 0 saturated carbocycles. The van der Waals surface area contributed by atoms with Crippen molar-refractivity contribution in [3.63, 3.8) is 0 Å². The van der Waals surface area contributed by atoms with Gasteiger partial charge in [-0.3, -0.25) is 0 Å². The molecule has 0 aliphatic heterocycles. The number of hydrazone groups is 1. The predicted octanol–water partition coefficient (Wildman–Crippen LogP) is 4.99. The van der Waals surface area contributed by atoms with Crippen LogP contribution in [-0.2, 0) is 0 Å². The van der Waals surface area contributed by atoms with E-state index in [1.807, 2.05) is 36.4 Å². The Morgan fingerprint density at radius 2 is 1.56 bits per heavy atom. The Bertz CT molecular complexity index is 1050. The van der Waals surface area contributed by atoms with Gasteiger partial charge in [0.1, 0.15) is 11.6 Å². The number of nitrogens with one attached hydrogen (secondary N) is 1. The first kappa shape index (κ1) is 16.7. The van der Waals surface area contributed by atoms with E-state index in [4.69, 9.17) is 4.42 Å². The smallest absolute Gasteiger partial charge is 0.244 e. The number of halogens is 1. The van der Waals surface area contributed by atoms with Gasteiger partial charge in [-0.05, 0) is 42.5 Å². The summed E-state index contributed by atoms with van der Waals surface area (Å²) in [6.45, 7) is 0. The Balaban J connectivity index is 1.71. The molecule has 27 heavy (non-hydrogen) atoms. The number of rotatable bonds is 5. The minimum Gasteiger partial charge on any atom is -0.463 e. The third-order valence-electron chi connectivity index (χ3n) is 3.84. The van der Waals surface area contributed by atoms with E-state index in [0.29, 0.717) is 17.4 Å². The highest BCUT2D eigenvalue weighted by molar-refractivity contribution is 5.76. The Labute approximate surface area is 155 Å². The molecule has 0 atom stereocenters. The molecule has 0 spiro atoms. The molecule has 2 aromatic heterocycles. The van der Waals surface area contributed by atoms with Crippen molar-refractivity contribution in [2.24, 2.45) is 5.10 Å². The van der Waals surface area contributed by atoms with Crippen LogP contribution >= 0.6 is 0 Å². The first-order chi connectivity index (χ1) is 13.3. The molecule has 0 aliphatic carbocycles. The normalized spacial score (nSPS) is 11.0. The summed E-state index contributed by atoms with van der Waals surface area (Å²) in [6.07, 6.45) is 3.11. The average molecular weight is 358 g/mol. The van der Waals surface area contributed by atoms with E-state index < -0.39 is 0 Å². The van der Waals surface area contributed by atoms with Gasteiger partial charge in [0.2, 0.25) is 5.95 Å². The molecule has 1 N–H and O–H groups in total. The summed E-state index contributed by atoms with van der Waals surface area (Å²) in [7, 11) is 0. The van der Waals surface area contributed by atoms with Gasteiger partial charge in [-0.25, -0.2) is 19.8 Å². The van der Waals surface area contributed by atoms with Crippen LogP contribution < -0.4 is 5.43 Å². The van der Waals surface area contributed by atoms with Crippen molar-refractivity contribution in [2.75, 3.05) is 5.43 Å². The second kappa shape index (κ2) is 7.61. The quantitative estimate of drug-likeness (QED) is 0.403. The molecule has 0 aliphatic rings. The Kier molecular flexibility index (Phi) is 4.70. The molecule has 6 heteroatoms. The van der Waals surface area contributed by atoms with Gasteiger partial charge in [0.25, 0.3) is 0 Å². The molecular weight excluding hydrogens is 343 g/mol. The van der Waals surface area contributed by atoms with E-state index in [1.165, 1.54) is 18.3 Å². The van der Waals surface area contributed by atoms with E-state index >= 15 is 0 Å². The third kappa shape index (κ3) is 4.07. The van der Waals surface area contributed by atoms with E-state index in [-0.39, 0.29) is 5.82 Å². The van der Waals surface area contributed by atoms with Crippen molar-refractivity contribution in [3.05, 3.63) is 90.6 Å². The number of hydrogen-bond donors (Lipinski definition) is 1. The number of anilines is 1. The minimum absolute atomic E-state index is 0.294. The van der Waals surface area contributed by atoms with Gasteiger partial charge in [-0.1, -0.05) is 30.3 Å². The molecule has 4 aromatic rings. The second-order valence-corrected chi connectivity index (χ2v) is 5.72. The van der Waals surface area contributed by atoms with Gasteiger partial charge in [0, 0.05) is 11.1 Å². The van der Waals surface area contributed by atoms with E-state index in [9.17, 15) is 4.39 Å². The van der Waals surface area contributed by atoms with Crippen LogP contribution in [0.2, 0.25) is 0 Å². The SMILES string of the molecule is Fc1ccc(-c2cc(-c3ccccc3)nc(N/N=C\c3ccco3)n2)cc1. The number of nitrogens with zero attached hydrogens (tertiary/aromatic N) is 3. The molecule has 0 bridgehead atoms. The van der Waals surface area contributed by atoms with Crippen LogP contribution in [-0.4, -0.2) is 16.2 Å². The fraction of sp³-hybridized carbons (Fsp3) is 0. The summed E-state index contributed by atoms with van der Waals surface area (Å²) in [5.74, 6) is 0.649. The van der Waals surface area contributed by atoms with Crippen LogP contribution in [0.15, 0.2) is 88.6 Å². The zero-order valence-corrected chi connectivity index (χ0v) is 14.2. The highest BCUT2D eigenvalue weighted by Gasteiger charge is 2.08. The first-order valence-corrected chi connectivity index (χ1v) is 8.31. The Hall–Kier alpha value is -3.80. The summed E-state index contributed by atoms with van der Waals surface area (Å²) in [6, 6.07) is 21.4. The standard InChI is InChI=1S/C21H15FN4O/c22-17-10-8-16(9-11-17)20-13-19(15-5-2-1-3-6-15)24-21(25-20)26-23-14-18-7-4-12-27-18/h1-14H,(H,24,25,26)/b23-14-. The molecule has 2 aromatic carbocycles. The first-order valence-electron chi connectivity index (χ1n) is 8.31. The number of furan rings is 1. The van der Waals surface area contributed by atoms with E-state index in [0.717, 1.165) is 16.8 Å². The zero-order valence-electron chi connectivity index (χ0n) is 14.2. The summed E-state index contributed by atoms with van der Waals surface area (Å²) in [5.41, 5.74) is 5.96. The number of hydrogen-bond acceptors (Lipinski definition) is 5. The summed E-state index contributed by atoms with van der Waals surface area (Å²) < 4.78 is 18.5. The van der Waals surface area contributed by atoms with Crippen LogP contribution in [0.25, 0.3) is 22.5 Å². The fourth-order valence-corrected chi connectivity index (χ4v) is 2.54. The molecule has 0 amide bonds. The molecule has 4 rings (SSSR count). The molecule has 2 heterocycles. The average Bonchev–Trinajstić information content (AvgIpc) is 3.22. The van der Waals surface area contributed by atoms with Crippen molar-refractivity contribution in [2.45, 2.75) is 0 Å². The lowest BCUT2D eigenvalue weighted by Gasteiger charge is -2.08. The monoisotopic (exact) mass is 358 g/mol. The largest absolute Gasteiger partial charge is 0.463 e. The highest BCUT2D eigenvalue weighted by Crippen LogP contribution is 2.25. The van der Waals surface area contributed by atoms with Crippen LogP contribution in [0.5, 0.6) is 0 Å². The van der Waals surface area contributed by atoms with Gasteiger partial charge in [-0.15, -0.1) is 0 Å². The van der Waals surface area contributed by atoms with E-state index in [1.54, 1.807) is 30.5 Å². The third-order valence-corrected chi connectivity index (χ3v) is 3.84. The molecule has 0 saturated heterocycles. The topological polar surface area (TPSA) is 63.3 Å². The Morgan fingerprint density at radius 1 is 0.852 bits per heavy atom. The highest BCUT2D eigenvalue weighted by atomic mass is 19.1. The van der Waals surface area contributed by atoms with Crippen molar-refractivity contribution in [1.29, 1.82) is 0 Å². The van der Waals surface area contributed by atoms with Gasteiger partial charge in [0.05, 0.1) is 23.9 Å². The predicted molar refractivity (Wildman–Crippen MR) is 103 cm³/mol. The second-order valence-electron chi connectivity index (χ2n) is 5.72. The van der Waals surface area contributed by atoms with E-state index in [2.05, 4.69) is 20.5 Å².